The molecule has 0 bridgehead atoms. The van der Waals surface area contributed by atoms with E-state index in [4.69, 9.17) is 0 Å². The van der Waals surface area contributed by atoms with Crippen LogP contribution in [-0.2, 0) is 6.42 Å². The van der Waals surface area contributed by atoms with Crippen LogP contribution in [0.2, 0.25) is 0 Å². The highest BCUT2D eigenvalue weighted by Gasteiger charge is 2.53. The molecule has 2 aliphatic carbocycles. The molecule has 1 nitrogen and oxygen atoms in total. The van der Waals surface area contributed by atoms with E-state index in [1.165, 1.54) is 36.0 Å². The fourth-order valence-corrected chi connectivity index (χ4v) is 5.21. The van der Waals surface area contributed by atoms with Gasteiger partial charge in [-0.05, 0) is 78.0 Å². The molecule has 2 saturated carbocycles. The molecular weight excluding hydrogens is 282 g/mol. The summed E-state index contributed by atoms with van der Waals surface area (Å²) in [5, 5.41) is 3.41. The maximum absolute atomic E-state index is 3.56. The van der Waals surface area contributed by atoms with Crippen LogP contribution in [0.1, 0.15) is 24.1 Å². The van der Waals surface area contributed by atoms with E-state index in [1.807, 2.05) is 11.3 Å². The molecule has 2 aliphatic rings. The predicted octanol–water partition coefficient (Wildman–Crippen LogP) is 3.69. The van der Waals surface area contributed by atoms with Crippen molar-refractivity contribution in [2.45, 2.75) is 25.7 Å². The molecule has 1 aromatic heterocycles. The van der Waals surface area contributed by atoms with Crippen molar-refractivity contribution in [3.8, 4) is 0 Å². The van der Waals surface area contributed by atoms with Crippen LogP contribution in [0.15, 0.2) is 15.9 Å². The van der Waals surface area contributed by atoms with Gasteiger partial charge in [0.25, 0.3) is 0 Å². The summed E-state index contributed by atoms with van der Waals surface area (Å²) in [7, 11) is 2.09. The van der Waals surface area contributed by atoms with Gasteiger partial charge < -0.3 is 5.32 Å². The summed E-state index contributed by atoms with van der Waals surface area (Å²) in [4.78, 5) is 1.54. The number of nitrogens with one attached hydrogen (secondary N) is 1. The number of rotatable bonds is 4. The lowest BCUT2D eigenvalue weighted by molar-refractivity contribution is 0.257. The highest BCUT2D eigenvalue weighted by molar-refractivity contribution is 9.11. The molecule has 2 atom stereocenters. The summed E-state index contributed by atoms with van der Waals surface area (Å²) >= 11 is 5.47. The zero-order chi connectivity index (χ0) is 11.2. The van der Waals surface area contributed by atoms with Gasteiger partial charge in [-0.1, -0.05) is 0 Å². The van der Waals surface area contributed by atoms with Gasteiger partial charge in [-0.25, -0.2) is 0 Å². The molecule has 0 aliphatic heterocycles. The van der Waals surface area contributed by atoms with Gasteiger partial charge in [0.05, 0.1) is 3.79 Å². The molecule has 0 spiro atoms. The van der Waals surface area contributed by atoms with Crippen LogP contribution in [0.4, 0.5) is 0 Å². The number of hydrogen-bond acceptors (Lipinski definition) is 2. The number of hydrogen-bond donors (Lipinski definition) is 1. The molecular formula is C13H18BrNS. The van der Waals surface area contributed by atoms with E-state index in [0.29, 0.717) is 5.41 Å². The van der Waals surface area contributed by atoms with E-state index in [-0.39, 0.29) is 0 Å². The highest BCUT2D eigenvalue weighted by atomic mass is 79.9. The molecule has 2 unspecified atom stereocenters. The van der Waals surface area contributed by atoms with E-state index in [1.54, 1.807) is 4.88 Å². The Bertz CT molecular complexity index is 377. The van der Waals surface area contributed by atoms with Crippen LogP contribution in [0.3, 0.4) is 0 Å². The van der Waals surface area contributed by atoms with E-state index < -0.39 is 0 Å². The van der Waals surface area contributed by atoms with Gasteiger partial charge in [-0.15, -0.1) is 11.3 Å². The molecule has 0 radical (unpaired) electrons. The van der Waals surface area contributed by atoms with Crippen molar-refractivity contribution in [2.24, 2.45) is 17.3 Å². The maximum Gasteiger partial charge on any atom is 0.0701 e. The van der Waals surface area contributed by atoms with E-state index in [9.17, 15) is 0 Å². The second-order valence-corrected chi connectivity index (χ2v) is 8.12. The van der Waals surface area contributed by atoms with Gasteiger partial charge in [0.2, 0.25) is 0 Å². The lowest BCUT2D eigenvalue weighted by atomic mass is 9.79. The largest absolute Gasteiger partial charge is 0.319 e. The van der Waals surface area contributed by atoms with Gasteiger partial charge >= 0.3 is 0 Å². The van der Waals surface area contributed by atoms with Crippen molar-refractivity contribution in [2.75, 3.05) is 13.6 Å². The lowest BCUT2D eigenvalue weighted by Gasteiger charge is -2.30. The lowest BCUT2D eigenvalue weighted by Crippen LogP contribution is -2.33. The Labute approximate surface area is 110 Å². The first-order valence-corrected chi connectivity index (χ1v) is 7.71. The summed E-state index contributed by atoms with van der Waals surface area (Å²) in [6, 6.07) is 4.47. The minimum absolute atomic E-state index is 0.562. The zero-order valence-corrected chi connectivity index (χ0v) is 12.0. The topological polar surface area (TPSA) is 12.0 Å². The summed E-state index contributed by atoms with van der Waals surface area (Å²) in [6.45, 7) is 1.19. The van der Waals surface area contributed by atoms with Crippen molar-refractivity contribution in [1.29, 1.82) is 0 Å². The first-order valence-electron chi connectivity index (χ1n) is 6.10. The van der Waals surface area contributed by atoms with Crippen molar-refractivity contribution < 1.29 is 0 Å². The molecule has 3 rings (SSSR count). The molecule has 0 aromatic carbocycles. The maximum atomic E-state index is 3.56. The fraction of sp³-hybridized carbons (Fsp3) is 0.692. The average Bonchev–Trinajstić information content (AvgIpc) is 2.67. The van der Waals surface area contributed by atoms with Crippen molar-refractivity contribution in [1.82, 2.24) is 5.32 Å². The van der Waals surface area contributed by atoms with Crippen LogP contribution in [0.5, 0.6) is 0 Å². The molecule has 1 N–H and O–H groups in total. The van der Waals surface area contributed by atoms with Crippen molar-refractivity contribution in [3.63, 3.8) is 0 Å². The molecule has 3 heteroatoms. The Morgan fingerprint density at radius 3 is 2.75 bits per heavy atom. The smallest absolute Gasteiger partial charge is 0.0701 e. The summed E-state index contributed by atoms with van der Waals surface area (Å²) in [5.74, 6) is 2.13. The average molecular weight is 300 g/mol. The molecule has 2 fully saturated rings. The third-order valence-corrected chi connectivity index (χ3v) is 5.81. The normalized spacial score (nSPS) is 36.4. The highest BCUT2D eigenvalue weighted by Crippen LogP contribution is 2.60. The molecule has 16 heavy (non-hydrogen) atoms. The van der Waals surface area contributed by atoms with Gasteiger partial charge in [0.15, 0.2) is 0 Å². The SMILES string of the molecule is CNCC1(Cc2ccc(Br)s2)CC2CC2C1. The minimum atomic E-state index is 0.562. The van der Waals surface area contributed by atoms with E-state index in [2.05, 4.69) is 40.4 Å². The van der Waals surface area contributed by atoms with Gasteiger partial charge in [-0.2, -0.15) is 0 Å². The fourth-order valence-electron chi connectivity index (χ4n) is 3.55. The van der Waals surface area contributed by atoms with Crippen molar-refractivity contribution >= 4 is 27.3 Å². The minimum Gasteiger partial charge on any atom is -0.319 e. The second-order valence-electron chi connectivity index (χ2n) is 5.58. The number of halogens is 1. The molecule has 0 amide bonds. The van der Waals surface area contributed by atoms with Gasteiger partial charge in [0, 0.05) is 11.4 Å². The first-order chi connectivity index (χ1) is 7.71. The van der Waals surface area contributed by atoms with E-state index in [0.717, 1.165) is 11.8 Å². The van der Waals surface area contributed by atoms with Gasteiger partial charge in [-0.3, -0.25) is 0 Å². The molecule has 1 heterocycles. The predicted molar refractivity (Wildman–Crippen MR) is 72.9 cm³/mol. The van der Waals surface area contributed by atoms with Crippen LogP contribution in [-0.4, -0.2) is 13.6 Å². The molecule has 1 aromatic rings. The quantitative estimate of drug-likeness (QED) is 0.894. The standard InChI is InChI=1S/C13H18BrNS/c1-15-8-13(5-9-4-10(9)6-13)7-11-2-3-12(14)16-11/h2-3,9-10,15H,4-8H2,1H3. The number of fused-ring (bicyclic) bond motifs is 1. The Morgan fingerprint density at radius 1 is 1.44 bits per heavy atom. The van der Waals surface area contributed by atoms with Crippen LogP contribution in [0.25, 0.3) is 0 Å². The zero-order valence-electron chi connectivity index (χ0n) is 9.63. The summed E-state index contributed by atoms with van der Waals surface area (Å²) in [5.41, 5.74) is 0.562. The third kappa shape index (κ3) is 2.09. The number of thiophene rings is 1. The van der Waals surface area contributed by atoms with Crippen LogP contribution < -0.4 is 5.32 Å². The molecule has 0 saturated heterocycles. The Hall–Kier alpha value is 0.140. The molecule has 88 valence electrons. The Morgan fingerprint density at radius 2 is 2.19 bits per heavy atom. The third-order valence-electron chi connectivity index (χ3n) is 4.19. The first kappa shape index (κ1) is 11.2. The van der Waals surface area contributed by atoms with Crippen LogP contribution >= 0.6 is 27.3 Å². The summed E-state index contributed by atoms with van der Waals surface area (Å²) in [6.07, 6.45) is 5.69. The summed E-state index contributed by atoms with van der Waals surface area (Å²) < 4.78 is 1.27. The van der Waals surface area contributed by atoms with Gasteiger partial charge in [0.1, 0.15) is 0 Å². The Kier molecular flexibility index (Phi) is 2.89. The second kappa shape index (κ2) is 4.11. The van der Waals surface area contributed by atoms with Crippen LogP contribution in [0, 0.1) is 17.3 Å². The van der Waals surface area contributed by atoms with Crippen molar-refractivity contribution in [3.05, 3.63) is 20.8 Å². The van der Waals surface area contributed by atoms with E-state index >= 15 is 0 Å². The monoisotopic (exact) mass is 299 g/mol. The Balaban J connectivity index is 1.74.